The van der Waals surface area contributed by atoms with E-state index in [1.54, 1.807) is 4.90 Å². The number of aliphatic hydroxyl groups is 1. The molecule has 0 radical (unpaired) electrons. The second-order valence-electron chi connectivity index (χ2n) is 8.24. The van der Waals surface area contributed by atoms with Gasteiger partial charge >= 0.3 is 6.03 Å². The van der Waals surface area contributed by atoms with Crippen molar-refractivity contribution in [1.82, 2.24) is 15.5 Å². The van der Waals surface area contributed by atoms with Crippen LogP contribution in [0.2, 0.25) is 0 Å². The molecule has 1 unspecified atom stereocenters. The summed E-state index contributed by atoms with van der Waals surface area (Å²) in [6.45, 7) is 2.63. The standard InChI is InChI=1S/C28H35N3O5/c1-34-22-30-28(33)31(19-23-8-4-2-5-9-23)17-16-29-18-25(32)21-36-27-14-12-26(13-15-27)35-20-24-10-6-3-7-11-24/h2-15,25,29,32H,16-22H2,1H3,(H,30,33). The highest BCUT2D eigenvalue weighted by atomic mass is 16.5. The second kappa shape index (κ2) is 15.4. The number of ether oxygens (including phenoxy) is 3. The number of nitrogens with one attached hydrogen (secondary N) is 2. The van der Waals surface area contributed by atoms with Crippen molar-refractivity contribution >= 4 is 6.03 Å². The molecule has 8 nitrogen and oxygen atoms in total. The number of nitrogens with zero attached hydrogens (tertiary/aromatic N) is 1. The molecule has 1 atom stereocenters. The number of benzene rings is 3. The first-order valence-electron chi connectivity index (χ1n) is 12.0. The Balaban J connectivity index is 1.35. The van der Waals surface area contributed by atoms with E-state index >= 15 is 0 Å². The summed E-state index contributed by atoms with van der Waals surface area (Å²) in [5.41, 5.74) is 2.14. The molecule has 2 amide bonds. The highest BCUT2D eigenvalue weighted by molar-refractivity contribution is 5.74. The van der Waals surface area contributed by atoms with Crippen molar-refractivity contribution in [3.63, 3.8) is 0 Å². The van der Waals surface area contributed by atoms with E-state index in [0.717, 1.165) is 16.9 Å². The Morgan fingerprint density at radius 2 is 1.50 bits per heavy atom. The largest absolute Gasteiger partial charge is 0.491 e. The van der Waals surface area contributed by atoms with Crippen molar-refractivity contribution in [3.05, 3.63) is 96.1 Å². The van der Waals surface area contributed by atoms with Crippen molar-refractivity contribution in [1.29, 1.82) is 0 Å². The number of methoxy groups -OCH3 is 1. The molecule has 192 valence electrons. The molecular weight excluding hydrogens is 458 g/mol. The van der Waals surface area contributed by atoms with Crippen molar-refractivity contribution in [2.24, 2.45) is 0 Å². The van der Waals surface area contributed by atoms with Gasteiger partial charge in [-0.25, -0.2) is 4.79 Å². The first kappa shape index (κ1) is 27.0. The Labute approximate surface area is 212 Å². The molecule has 3 rings (SSSR count). The molecule has 0 bridgehead atoms. The lowest BCUT2D eigenvalue weighted by Gasteiger charge is -2.23. The van der Waals surface area contributed by atoms with Gasteiger partial charge in [0.25, 0.3) is 0 Å². The topological polar surface area (TPSA) is 92.3 Å². The molecule has 0 saturated carbocycles. The van der Waals surface area contributed by atoms with Crippen LogP contribution in [0.4, 0.5) is 4.79 Å². The smallest absolute Gasteiger partial charge is 0.319 e. The fourth-order valence-corrected chi connectivity index (χ4v) is 3.41. The molecule has 0 fully saturated rings. The zero-order valence-corrected chi connectivity index (χ0v) is 20.6. The summed E-state index contributed by atoms with van der Waals surface area (Å²) in [4.78, 5) is 14.2. The molecule has 0 heterocycles. The van der Waals surface area contributed by atoms with Crippen LogP contribution < -0.4 is 20.1 Å². The molecule has 0 aliphatic heterocycles. The van der Waals surface area contributed by atoms with E-state index < -0.39 is 6.10 Å². The second-order valence-corrected chi connectivity index (χ2v) is 8.24. The van der Waals surface area contributed by atoms with E-state index in [2.05, 4.69) is 10.6 Å². The van der Waals surface area contributed by atoms with Gasteiger partial charge in [-0.15, -0.1) is 0 Å². The third-order valence-electron chi connectivity index (χ3n) is 5.32. The Hall–Kier alpha value is -3.59. The number of carbonyl (C=O) groups excluding carboxylic acids is 1. The number of hydrogen-bond acceptors (Lipinski definition) is 6. The molecule has 0 aromatic heterocycles. The maximum absolute atomic E-state index is 12.5. The van der Waals surface area contributed by atoms with Crippen molar-refractivity contribution in [2.45, 2.75) is 19.3 Å². The van der Waals surface area contributed by atoms with Crippen LogP contribution in [0.15, 0.2) is 84.9 Å². The summed E-state index contributed by atoms with van der Waals surface area (Å²) in [6.07, 6.45) is -0.691. The van der Waals surface area contributed by atoms with Gasteiger partial charge in [0.2, 0.25) is 0 Å². The van der Waals surface area contributed by atoms with Crippen LogP contribution in [-0.2, 0) is 17.9 Å². The molecule has 3 aromatic carbocycles. The Morgan fingerprint density at radius 1 is 0.889 bits per heavy atom. The SMILES string of the molecule is COCNC(=O)N(CCNCC(O)COc1ccc(OCc2ccccc2)cc1)Cc1ccccc1. The minimum atomic E-state index is -0.691. The lowest BCUT2D eigenvalue weighted by atomic mass is 10.2. The number of rotatable bonds is 15. The molecule has 3 N–H and O–H groups in total. The fraction of sp³-hybridized carbons (Fsp3) is 0.321. The third-order valence-corrected chi connectivity index (χ3v) is 5.32. The number of aliphatic hydroxyl groups excluding tert-OH is 1. The molecule has 3 aromatic rings. The fourth-order valence-electron chi connectivity index (χ4n) is 3.41. The van der Waals surface area contributed by atoms with Gasteiger partial charge in [0, 0.05) is 33.3 Å². The van der Waals surface area contributed by atoms with Crippen LogP contribution in [0.3, 0.4) is 0 Å². The summed E-state index contributed by atoms with van der Waals surface area (Å²) >= 11 is 0. The van der Waals surface area contributed by atoms with Gasteiger partial charge in [-0.3, -0.25) is 0 Å². The molecule has 36 heavy (non-hydrogen) atoms. The molecular formula is C28H35N3O5. The minimum absolute atomic E-state index is 0.147. The van der Waals surface area contributed by atoms with Crippen LogP contribution in [0.25, 0.3) is 0 Å². The first-order chi connectivity index (χ1) is 17.6. The van der Waals surface area contributed by atoms with Crippen LogP contribution in [0.5, 0.6) is 11.5 Å². The maximum Gasteiger partial charge on any atom is 0.319 e. The predicted molar refractivity (Wildman–Crippen MR) is 139 cm³/mol. The number of urea groups is 1. The summed E-state index contributed by atoms with van der Waals surface area (Å²) in [6, 6.07) is 26.9. The van der Waals surface area contributed by atoms with E-state index in [1.807, 2.05) is 84.9 Å². The summed E-state index contributed by atoms with van der Waals surface area (Å²) in [7, 11) is 1.53. The van der Waals surface area contributed by atoms with Gasteiger partial charge in [0.05, 0.1) is 0 Å². The average molecular weight is 494 g/mol. The van der Waals surface area contributed by atoms with Gasteiger partial charge in [0.1, 0.15) is 37.5 Å². The monoisotopic (exact) mass is 493 g/mol. The van der Waals surface area contributed by atoms with E-state index in [1.165, 1.54) is 7.11 Å². The molecule has 0 spiro atoms. The van der Waals surface area contributed by atoms with Gasteiger partial charge in [-0.2, -0.15) is 0 Å². The number of carbonyl (C=O) groups is 1. The lowest BCUT2D eigenvalue weighted by Crippen LogP contribution is -2.44. The number of hydrogen-bond donors (Lipinski definition) is 3. The third kappa shape index (κ3) is 9.95. The van der Waals surface area contributed by atoms with Crippen molar-refractivity contribution in [3.8, 4) is 11.5 Å². The van der Waals surface area contributed by atoms with Crippen molar-refractivity contribution in [2.75, 3.05) is 40.1 Å². The molecule has 0 aliphatic rings. The highest BCUT2D eigenvalue weighted by Gasteiger charge is 2.14. The van der Waals surface area contributed by atoms with E-state index in [9.17, 15) is 9.90 Å². The number of amides is 2. The zero-order chi connectivity index (χ0) is 25.4. The minimum Gasteiger partial charge on any atom is -0.491 e. The molecule has 0 aliphatic carbocycles. The Kier molecular flexibility index (Phi) is 11.6. The van der Waals surface area contributed by atoms with E-state index in [4.69, 9.17) is 14.2 Å². The lowest BCUT2D eigenvalue weighted by molar-refractivity contribution is 0.105. The summed E-state index contributed by atoms with van der Waals surface area (Å²) < 4.78 is 16.4. The molecule has 8 heteroatoms. The van der Waals surface area contributed by atoms with Crippen LogP contribution >= 0.6 is 0 Å². The summed E-state index contributed by atoms with van der Waals surface area (Å²) in [5.74, 6) is 1.41. The quantitative estimate of drug-likeness (QED) is 0.222. The Bertz CT molecular complexity index is 1000. The highest BCUT2D eigenvalue weighted by Crippen LogP contribution is 2.19. The van der Waals surface area contributed by atoms with Crippen LogP contribution in [0, 0.1) is 0 Å². The summed E-state index contributed by atoms with van der Waals surface area (Å²) in [5, 5.41) is 16.2. The maximum atomic E-state index is 12.5. The van der Waals surface area contributed by atoms with Gasteiger partial charge < -0.3 is 34.9 Å². The normalized spacial score (nSPS) is 11.5. The van der Waals surface area contributed by atoms with Crippen LogP contribution in [0.1, 0.15) is 11.1 Å². The Morgan fingerprint density at radius 3 is 2.14 bits per heavy atom. The van der Waals surface area contributed by atoms with Gasteiger partial charge in [-0.1, -0.05) is 60.7 Å². The van der Waals surface area contributed by atoms with Gasteiger partial charge in [-0.05, 0) is 35.4 Å². The van der Waals surface area contributed by atoms with E-state index in [-0.39, 0.29) is 19.4 Å². The first-order valence-corrected chi connectivity index (χ1v) is 12.0. The van der Waals surface area contributed by atoms with Crippen molar-refractivity contribution < 1.29 is 24.1 Å². The van der Waals surface area contributed by atoms with Gasteiger partial charge in [0.15, 0.2) is 0 Å². The molecule has 0 saturated heterocycles. The average Bonchev–Trinajstić information content (AvgIpc) is 2.92. The zero-order valence-electron chi connectivity index (χ0n) is 20.6. The van der Waals surface area contributed by atoms with E-state index in [0.29, 0.717) is 38.5 Å². The predicted octanol–water partition coefficient (Wildman–Crippen LogP) is 3.41. The van der Waals surface area contributed by atoms with Crippen LogP contribution in [-0.4, -0.2) is 62.2 Å².